The van der Waals surface area contributed by atoms with Crippen LogP contribution in [0, 0.1) is 28.1 Å². The van der Waals surface area contributed by atoms with E-state index in [-0.39, 0.29) is 38.5 Å². The third-order valence-corrected chi connectivity index (χ3v) is 30.6. The molecule has 0 atom stereocenters. The number of Topliss-reactive ketones (excluding diaryl/α,β-unsaturated/α-hetero) is 4. The molecule has 1 spiro atoms. The van der Waals surface area contributed by atoms with Crippen LogP contribution in [0.1, 0.15) is 335 Å². The summed E-state index contributed by atoms with van der Waals surface area (Å²) in [6, 6.07) is 0. The van der Waals surface area contributed by atoms with Gasteiger partial charge in [-0.25, -0.2) is 28.8 Å². The van der Waals surface area contributed by atoms with Crippen LogP contribution >= 0.6 is 0 Å². The van der Waals surface area contributed by atoms with Crippen molar-refractivity contribution in [2.75, 3.05) is 55.5 Å². The molecule has 2 aliphatic carbocycles. The first-order chi connectivity index (χ1) is 57.5. The van der Waals surface area contributed by atoms with Crippen molar-refractivity contribution in [3.05, 3.63) is 0 Å². The van der Waals surface area contributed by atoms with E-state index in [1.807, 2.05) is 208 Å². The highest BCUT2D eigenvalue weighted by Gasteiger charge is 2.60. The van der Waals surface area contributed by atoms with Crippen LogP contribution in [-0.2, 0) is 95.1 Å². The first kappa shape index (κ1) is 105. The fourth-order valence-electron chi connectivity index (χ4n) is 22.4. The van der Waals surface area contributed by atoms with Gasteiger partial charge in [-0.1, -0.05) is 27.7 Å². The number of likely N-dealkylation sites (tertiary alicyclic amines) is 6. The summed E-state index contributed by atoms with van der Waals surface area (Å²) in [7, 11) is 11.9. The molecule has 32 nitrogen and oxygen atoms in total. The second-order valence-corrected chi connectivity index (χ2v) is 47.4. The van der Waals surface area contributed by atoms with Crippen molar-refractivity contribution in [1.82, 2.24) is 29.4 Å². The zero-order valence-electron chi connectivity index (χ0n) is 83.4. The molecular weight excluding hydrogens is 1640 g/mol. The maximum Gasteiger partial charge on any atom is 0.514 e. The molecular formula is C95H158N6O26. The highest BCUT2D eigenvalue weighted by atomic mass is 17.0. The van der Waals surface area contributed by atoms with Gasteiger partial charge in [-0.05, 0) is 227 Å². The molecule has 6 aliphatic heterocycles. The second-order valence-electron chi connectivity index (χ2n) is 47.4. The van der Waals surface area contributed by atoms with Crippen LogP contribution in [-0.4, -0.2) is 272 Å². The number of ketones is 4. The molecule has 0 aromatic carbocycles. The zero-order chi connectivity index (χ0) is 96.4. The zero-order valence-corrected chi connectivity index (χ0v) is 83.4. The molecule has 6 saturated heterocycles. The Morgan fingerprint density at radius 1 is 0.276 bits per heavy atom. The summed E-state index contributed by atoms with van der Waals surface area (Å²) < 4.78 is 83.7. The van der Waals surface area contributed by atoms with Crippen molar-refractivity contribution in [2.45, 2.75) is 450 Å². The monoisotopic (exact) mass is 1800 g/mol. The Bertz CT molecular complexity index is 3390. The molecule has 8 aliphatic rings. The molecule has 8 rings (SSSR count). The summed E-state index contributed by atoms with van der Waals surface area (Å²) in [5, 5.41) is 0. The maximum absolute atomic E-state index is 14.6. The molecule has 0 bridgehead atoms. The number of carbonyl (C=O) groups is 12. The van der Waals surface area contributed by atoms with E-state index in [4.69, 9.17) is 66.3 Å². The van der Waals surface area contributed by atoms with Gasteiger partial charge in [0.05, 0.1) is 37.9 Å². The lowest BCUT2D eigenvalue weighted by Crippen LogP contribution is -2.61. The van der Waals surface area contributed by atoms with Gasteiger partial charge in [0.1, 0.15) is 59.8 Å². The Labute approximate surface area is 755 Å². The average Bonchev–Trinajstić information content (AvgIpc) is 0.740. The van der Waals surface area contributed by atoms with Crippen molar-refractivity contribution in [3.63, 3.8) is 0 Å². The molecule has 32 heteroatoms. The molecule has 0 amide bonds. The first-order valence-electron chi connectivity index (χ1n) is 45.7. The molecule has 0 N–H and O–H groups in total. The van der Waals surface area contributed by atoms with E-state index in [0.717, 1.165) is 0 Å². The first-order valence-corrected chi connectivity index (χ1v) is 45.7. The lowest BCUT2D eigenvalue weighted by Gasteiger charge is -2.53. The highest BCUT2D eigenvalue weighted by Crippen LogP contribution is 2.53. The Hall–Kier alpha value is -7.00. The van der Waals surface area contributed by atoms with Crippen LogP contribution in [0.25, 0.3) is 0 Å². The third kappa shape index (κ3) is 25.4. The van der Waals surface area contributed by atoms with Crippen molar-refractivity contribution >= 4 is 72.0 Å². The Balaban J connectivity index is 0.940. The van der Waals surface area contributed by atoms with Gasteiger partial charge in [-0.15, -0.1) is 0 Å². The van der Waals surface area contributed by atoms with Crippen LogP contribution in [0.5, 0.6) is 0 Å². The number of ether oxygens (including phenoxy) is 14. The van der Waals surface area contributed by atoms with E-state index in [1.165, 1.54) is 0 Å². The Kier molecular flexibility index (Phi) is 30.9. The van der Waals surface area contributed by atoms with Gasteiger partial charge < -0.3 is 66.3 Å². The summed E-state index contributed by atoms with van der Waals surface area (Å²) in [6.45, 7) is 53.6. The number of esters is 2. The van der Waals surface area contributed by atoms with Crippen molar-refractivity contribution in [1.29, 1.82) is 0 Å². The van der Waals surface area contributed by atoms with E-state index in [0.29, 0.717) is 77.0 Å². The molecule has 6 heterocycles. The topological polar surface area (TPSA) is 354 Å². The Morgan fingerprint density at radius 2 is 0.425 bits per heavy atom. The fraction of sp³-hybridized carbons (Fsp3) is 0.874. The van der Waals surface area contributed by atoms with E-state index in [9.17, 15) is 57.5 Å². The minimum absolute atomic E-state index is 0.340. The fourth-order valence-corrected chi connectivity index (χ4v) is 22.4. The van der Waals surface area contributed by atoms with Gasteiger partial charge in [0.25, 0.3) is 0 Å². The number of hydrogen-bond donors (Lipinski definition) is 0. The van der Waals surface area contributed by atoms with Crippen molar-refractivity contribution in [2.24, 2.45) is 28.1 Å². The van der Waals surface area contributed by atoms with Gasteiger partial charge >= 0.3 is 60.8 Å². The molecule has 0 radical (unpaired) electrons. The van der Waals surface area contributed by atoms with E-state index >= 15 is 0 Å². The number of hydrogen-bond acceptors (Lipinski definition) is 32. The number of nitrogens with zero attached hydrogens (tertiary/aromatic N) is 6. The smallest absolute Gasteiger partial charge is 0.465 e. The lowest BCUT2D eigenvalue weighted by atomic mass is 9.54. The predicted octanol–water partition coefficient (Wildman–Crippen LogP) is 16.7. The van der Waals surface area contributed by atoms with Crippen LogP contribution in [0.4, 0.5) is 28.8 Å². The quantitative estimate of drug-likeness (QED) is 0.0336. The average molecular weight is 1800 g/mol. The predicted molar refractivity (Wildman–Crippen MR) is 470 cm³/mol. The van der Waals surface area contributed by atoms with Gasteiger partial charge in [0, 0.05) is 193 Å². The standard InChI is InChI=1S/C95H158N6O26/c1-79(2,57-114-69(106)37-35-39-94(122-73(108)116-59-41-81(5,6)96(29)82(7,8)42-59,123-74(109)117-60-43-83(9,10)97(30)84(11,12)44-60)124-75(110)118-61-45-85(13,14)98(31)86(15,16)46-61)71-65(102)53-93(54-66(71)103)55-67(104)72(68(105)56-93)80(3,4)58-115-70(107)38-36-40-95(125-76(111)119-62-47-87(17,18)99(32)88(19,20)48-62,126-77(112)120-63-49-89(21,22)100(33)90(23,24)50-63)127-78(113)121-64-51-91(25,26)101(34)92(27,28)52-64/h59-64,71-72H,35-58H2,1-34H3. The summed E-state index contributed by atoms with van der Waals surface area (Å²) >= 11 is 0. The summed E-state index contributed by atoms with van der Waals surface area (Å²) in [5.74, 6) is -12.6. The number of carbonyl (C=O) groups excluding carboxylic acids is 12. The van der Waals surface area contributed by atoms with E-state index in [2.05, 4.69) is 29.4 Å². The molecule has 724 valence electrons. The van der Waals surface area contributed by atoms with Crippen LogP contribution in [0.2, 0.25) is 0 Å². The van der Waals surface area contributed by atoms with Crippen LogP contribution in [0.3, 0.4) is 0 Å². The molecule has 0 aromatic rings. The lowest BCUT2D eigenvalue weighted by molar-refractivity contribution is -0.328. The summed E-state index contributed by atoms with van der Waals surface area (Å²) in [6.07, 6.45) is -12.4. The molecule has 0 unspecified atom stereocenters. The summed E-state index contributed by atoms with van der Waals surface area (Å²) in [5.41, 5.74) is -9.65. The SMILES string of the molecule is CN1C(C)(C)CC(OC(=O)OC(CCCC(=O)OCC(C)(C)C2C(=O)CC3(CC2=O)CC(=O)C(C(C)(C)COC(=O)CCCC(OC(=O)OC2CC(C)(C)N(C)C(C)(C)C2)(OC(=O)OC2CC(C)(C)N(C)C(C)(C)C2)OC(=O)OC2CC(C)(C)N(C)C(C)(C)C2)C(=O)C3)(OC(=O)OC2CC(C)(C)N(C)C(C)(C)C2)OC(=O)OC2CC(C)(C)N(C)C(C)(C)C2)CC1(C)C. The third-order valence-electron chi connectivity index (χ3n) is 30.6. The van der Waals surface area contributed by atoms with Gasteiger partial charge in [0.15, 0.2) is 0 Å². The molecule has 0 aromatic heterocycles. The minimum atomic E-state index is -2.96. The number of rotatable bonds is 26. The van der Waals surface area contributed by atoms with Gasteiger partial charge in [0.2, 0.25) is 0 Å². The van der Waals surface area contributed by atoms with Crippen molar-refractivity contribution in [3.8, 4) is 0 Å². The van der Waals surface area contributed by atoms with E-state index in [1.54, 1.807) is 27.7 Å². The molecule has 127 heavy (non-hydrogen) atoms. The highest BCUT2D eigenvalue weighted by molar-refractivity contribution is 6.11. The van der Waals surface area contributed by atoms with Crippen LogP contribution in [0.15, 0.2) is 0 Å². The van der Waals surface area contributed by atoms with Crippen LogP contribution < -0.4 is 0 Å². The number of piperidine rings is 6. The van der Waals surface area contributed by atoms with Crippen molar-refractivity contribution < 1.29 is 124 Å². The summed E-state index contributed by atoms with van der Waals surface area (Å²) in [4.78, 5) is 186. The molecule has 8 fully saturated rings. The Morgan fingerprint density at radius 3 is 0.575 bits per heavy atom. The van der Waals surface area contributed by atoms with Gasteiger partial charge in [-0.3, -0.25) is 58.2 Å². The normalized spacial score (nSPS) is 26.8. The maximum atomic E-state index is 14.6. The molecule has 2 saturated carbocycles. The minimum Gasteiger partial charge on any atom is -0.465 e. The van der Waals surface area contributed by atoms with E-state index < -0.39 is 254 Å². The van der Waals surface area contributed by atoms with Gasteiger partial charge in [-0.2, -0.15) is 0 Å². The second kappa shape index (κ2) is 37.2. The largest absolute Gasteiger partial charge is 0.514 e.